The van der Waals surface area contributed by atoms with E-state index in [1.165, 1.54) is 11.3 Å². The Morgan fingerprint density at radius 2 is 2.20 bits per heavy atom. The Kier molecular flexibility index (Phi) is 4.21. The Hall–Kier alpha value is -2.70. The molecule has 1 aromatic carbocycles. The Labute approximate surface area is 152 Å². The van der Waals surface area contributed by atoms with Gasteiger partial charge < -0.3 is 9.73 Å². The number of pyridine rings is 1. The number of amides is 1. The first-order valence-corrected chi connectivity index (χ1v) is 8.77. The molecule has 0 saturated heterocycles. The first-order chi connectivity index (χ1) is 12.2. The third-order valence-electron chi connectivity index (χ3n) is 3.57. The second kappa shape index (κ2) is 6.66. The molecule has 7 heteroatoms. The standard InChI is InChI=1S/C18H12ClN3O2S/c19-12-7-11-3-1-5-20-17(11)14(8-12)22-16(23)9-13-10-25-18(21-13)15-4-2-6-24-15/h1-8,10H,9H2,(H,22,23). The fourth-order valence-corrected chi connectivity index (χ4v) is 3.52. The Bertz CT molecular complexity index is 1040. The Balaban J connectivity index is 1.53. The minimum Gasteiger partial charge on any atom is -0.462 e. The molecule has 0 aliphatic heterocycles. The molecule has 4 rings (SSSR count). The first kappa shape index (κ1) is 15.8. The third-order valence-corrected chi connectivity index (χ3v) is 4.69. The molecule has 0 bridgehead atoms. The average molecular weight is 370 g/mol. The fourth-order valence-electron chi connectivity index (χ4n) is 2.51. The SMILES string of the molecule is O=C(Cc1csc(-c2ccco2)n1)Nc1cc(Cl)cc2cccnc12. The molecule has 1 amide bonds. The maximum Gasteiger partial charge on any atom is 0.230 e. The number of halogens is 1. The summed E-state index contributed by atoms with van der Waals surface area (Å²) < 4.78 is 5.32. The number of nitrogens with zero attached hydrogens (tertiary/aromatic N) is 2. The van der Waals surface area contributed by atoms with Crippen LogP contribution in [0.2, 0.25) is 5.02 Å². The zero-order valence-electron chi connectivity index (χ0n) is 12.9. The molecule has 0 aliphatic carbocycles. The fraction of sp³-hybridized carbons (Fsp3) is 0.0556. The normalized spacial score (nSPS) is 10.9. The van der Waals surface area contributed by atoms with Crippen molar-refractivity contribution in [2.75, 3.05) is 5.32 Å². The Morgan fingerprint density at radius 3 is 3.04 bits per heavy atom. The molecule has 0 atom stereocenters. The molecule has 1 N–H and O–H groups in total. The number of fused-ring (bicyclic) bond motifs is 1. The van der Waals surface area contributed by atoms with Crippen LogP contribution in [-0.2, 0) is 11.2 Å². The van der Waals surface area contributed by atoms with E-state index in [1.54, 1.807) is 24.6 Å². The molecule has 0 unspecified atom stereocenters. The van der Waals surface area contributed by atoms with Gasteiger partial charge in [0.1, 0.15) is 0 Å². The highest BCUT2D eigenvalue weighted by atomic mass is 35.5. The molecule has 25 heavy (non-hydrogen) atoms. The number of thiazole rings is 1. The number of benzene rings is 1. The van der Waals surface area contributed by atoms with Crippen LogP contribution in [0, 0.1) is 0 Å². The summed E-state index contributed by atoms with van der Waals surface area (Å²) in [6.07, 6.45) is 3.44. The van der Waals surface area contributed by atoms with Gasteiger partial charge in [-0.2, -0.15) is 0 Å². The van der Waals surface area contributed by atoms with Crippen LogP contribution < -0.4 is 5.32 Å². The number of carbonyl (C=O) groups is 1. The van der Waals surface area contributed by atoms with Gasteiger partial charge in [-0.05, 0) is 30.3 Å². The van der Waals surface area contributed by atoms with Crippen molar-refractivity contribution in [2.24, 2.45) is 0 Å². The van der Waals surface area contributed by atoms with Crippen LogP contribution in [0.4, 0.5) is 5.69 Å². The molecule has 3 aromatic heterocycles. The van der Waals surface area contributed by atoms with Gasteiger partial charge in [0, 0.05) is 22.0 Å². The number of hydrogen-bond donors (Lipinski definition) is 1. The summed E-state index contributed by atoms with van der Waals surface area (Å²) in [7, 11) is 0. The van der Waals surface area contributed by atoms with Crippen molar-refractivity contribution in [3.8, 4) is 10.8 Å². The van der Waals surface area contributed by atoms with Crippen molar-refractivity contribution >= 4 is 45.4 Å². The summed E-state index contributed by atoms with van der Waals surface area (Å²) in [5.74, 6) is 0.521. The zero-order valence-corrected chi connectivity index (χ0v) is 14.5. The van der Waals surface area contributed by atoms with E-state index in [1.807, 2.05) is 29.6 Å². The lowest BCUT2D eigenvalue weighted by Crippen LogP contribution is -2.15. The van der Waals surface area contributed by atoms with Gasteiger partial charge in [-0.25, -0.2) is 4.98 Å². The molecule has 0 aliphatic rings. The quantitative estimate of drug-likeness (QED) is 0.561. The lowest BCUT2D eigenvalue weighted by molar-refractivity contribution is -0.115. The molecule has 0 radical (unpaired) electrons. The van der Waals surface area contributed by atoms with E-state index in [0.29, 0.717) is 27.7 Å². The number of aromatic nitrogens is 2. The molecule has 0 spiro atoms. The van der Waals surface area contributed by atoms with Gasteiger partial charge in [0.05, 0.1) is 29.6 Å². The van der Waals surface area contributed by atoms with Crippen LogP contribution in [0.25, 0.3) is 21.7 Å². The van der Waals surface area contributed by atoms with Crippen LogP contribution in [0.1, 0.15) is 5.69 Å². The third kappa shape index (κ3) is 3.40. The average Bonchev–Trinajstić information content (AvgIpc) is 3.25. The van der Waals surface area contributed by atoms with Gasteiger partial charge >= 0.3 is 0 Å². The molecule has 0 saturated carbocycles. The van der Waals surface area contributed by atoms with Crippen molar-refractivity contribution in [3.05, 3.63) is 65.0 Å². The number of anilines is 1. The highest BCUT2D eigenvalue weighted by Crippen LogP contribution is 2.27. The molecule has 4 aromatic rings. The number of carbonyl (C=O) groups excluding carboxylic acids is 1. The summed E-state index contributed by atoms with van der Waals surface area (Å²) in [5.41, 5.74) is 1.98. The van der Waals surface area contributed by atoms with Crippen LogP contribution in [0.3, 0.4) is 0 Å². The smallest absolute Gasteiger partial charge is 0.230 e. The predicted octanol–water partition coefficient (Wildman–Crippen LogP) is 4.79. The summed E-state index contributed by atoms with van der Waals surface area (Å²) in [6, 6.07) is 10.9. The summed E-state index contributed by atoms with van der Waals surface area (Å²) in [5, 5.41) is 6.90. The van der Waals surface area contributed by atoms with Crippen molar-refractivity contribution in [1.82, 2.24) is 9.97 Å². The van der Waals surface area contributed by atoms with E-state index >= 15 is 0 Å². The van der Waals surface area contributed by atoms with E-state index in [2.05, 4.69) is 15.3 Å². The van der Waals surface area contributed by atoms with Crippen LogP contribution >= 0.6 is 22.9 Å². The molecular formula is C18H12ClN3O2S. The van der Waals surface area contributed by atoms with E-state index in [9.17, 15) is 4.79 Å². The van der Waals surface area contributed by atoms with Gasteiger partial charge in [0.15, 0.2) is 10.8 Å². The number of nitrogens with one attached hydrogen (secondary N) is 1. The maximum atomic E-state index is 12.4. The van der Waals surface area contributed by atoms with Crippen LogP contribution in [-0.4, -0.2) is 15.9 Å². The highest BCUT2D eigenvalue weighted by Gasteiger charge is 2.12. The summed E-state index contributed by atoms with van der Waals surface area (Å²) in [6.45, 7) is 0. The highest BCUT2D eigenvalue weighted by molar-refractivity contribution is 7.13. The van der Waals surface area contributed by atoms with Crippen molar-refractivity contribution in [2.45, 2.75) is 6.42 Å². The maximum absolute atomic E-state index is 12.4. The molecule has 0 fully saturated rings. The second-order valence-corrected chi connectivity index (χ2v) is 6.67. The number of hydrogen-bond acceptors (Lipinski definition) is 5. The second-order valence-electron chi connectivity index (χ2n) is 5.37. The summed E-state index contributed by atoms with van der Waals surface area (Å²) in [4.78, 5) is 21.1. The van der Waals surface area contributed by atoms with E-state index < -0.39 is 0 Å². The van der Waals surface area contributed by atoms with E-state index in [4.69, 9.17) is 16.0 Å². The van der Waals surface area contributed by atoms with Gasteiger partial charge in [0.25, 0.3) is 0 Å². The minimum absolute atomic E-state index is 0.165. The van der Waals surface area contributed by atoms with Crippen LogP contribution in [0.15, 0.2) is 58.7 Å². The predicted molar refractivity (Wildman–Crippen MR) is 98.9 cm³/mol. The lowest BCUT2D eigenvalue weighted by atomic mass is 10.2. The zero-order chi connectivity index (χ0) is 17.2. The number of rotatable bonds is 4. The van der Waals surface area contributed by atoms with Gasteiger partial charge in [-0.3, -0.25) is 9.78 Å². The Morgan fingerprint density at radius 1 is 1.28 bits per heavy atom. The molecule has 3 heterocycles. The van der Waals surface area contributed by atoms with E-state index in [-0.39, 0.29) is 12.3 Å². The van der Waals surface area contributed by atoms with E-state index in [0.717, 1.165) is 10.4 Å². The van der Waals surface area contributed by atoms with Crippen molar-refractivity contribution < 1.29 is 9.21 Å². The van der Waals surface area contributed by atoms with Crippen molar-refractivity contribution in [1.29, 1.82) is 0 Å². The molecular weight excluding hydrogens is 358 g/mol. The van der Waals surface area contributed by atoms with Gasteiger partial charge in [-0.1, -0.05) is 17.7 Å². The molecule has 124 valence electrons. The largest absolute Gasteiger partial charge is 0.462 e. The first-order valence-electron chi connectivity index (χ1n) is 7.51. The van der Waals surface area contributed by atoms with Gasteiger partial charge in [-0.15, -0.1) is 11.3 Å². The topological polar surface area (TPSA) is 68.0 Å². The number of furan rings is 1. The minimum atomic E-state index is -0.175. The van der Waals surface area contributed by atoms with Crippen LogP contribution in [0.5, 0.6) is 0 Å². The monoisotopic (exact) mass is 369 g/mol. The van der Waals surface area contributed by atoms with Gasteiger partial charge in [0.2, 0.25) is 5.91 Å². The van der Waals surface area contributed by atoms with Crippen molar-refractivity contribution in [3.63, 3.8) is 0 Å². The lowest BCUT2D eigenvalue weighted by Gasteiger charge is -2.08. The summed E-state index contributed by atoms with van der Waals surface area (Å²) >= 11 is 7.57. The molecule has 5 nitrogen and oxygen atoms in total.